The molecule has 194 valence electrons. The van der Waals surface area contributed by atoms with Crippen LogP contribution in [-0.2, 0) is 4.79 Å². The molecule has 1 aliphatic rings. The van der Waals surface area contributed by atoms with Crippen LogP contribution in [0.15, 0.2) is 48.7 Å². The number of carbonyl (C=O) groups is 1. The van der Waals surface area contributed by atoms with Gasteiger partial charge in [0.05, 0.1) is 19.2 Å². The van der Waals surface area contributed by atoms with Crippen molar-refractivity contribution in [1.82, 2.24) is 9.88 Å². The van der Waals surface area contributed by atoms with Crippen molar-refractivity contribution < 1.29 is 19.0 Å². The maximum Gasteiger partial charge on any atom is 0.303 e. The molecule has 3 aromatic rings. The third kappa shape index (κ3) is 7.08. The zero-order valence-electron chi connectivity index (χ0n) is 21.8. The molecule has 1 unspecified atom stereocenters. The highest BCUT2D eigenvalue weighted by Gasteiger charge is 2.31. The van der Waals surface area contributed by atoms with E-state index < -0.39 is 12.1 Å². The van der Waals surface area contributed by atoms with Gasteiger partial charge in [-0.1, -0.05) is 17.9 Å². The first-order valence-corrected chi connectivity index (χ1v) is 12.9. The van der Waals surface area contributed by atoms with Gasteiger partial charge in [0.2, 0.25) is 0 Å². The summed E-state index contributed by atoms with van der Waals surface area (Å²) in [5.41, 5.74) is 4.73. The molecular weight excluding hydrogens is 467 g/mol. The van der Waals surface area contributed by atoms with E-state index in [0.717, 1.165) is 29.4 Å². The highest BCUT2D eigenvalue weighted by atomic mass is 19.1. The molecule has 0 aliphatic carbocycles. The van der Waals surface area contributed by atoms with E-state index in [9.17, 15) is 9.90 Å². The zero-order chi connectivity index (χ0) is 26.4. The highest BCUT2D eigenvalue weighted by molar-refractivity contribution is 5.83. The largest absolute Gasteiger partial charge is 0.497 e. The first kappa shape index (κ1) is 26.6. The van der Waals surface area contributed by atoms with E-state index in [0.29, 0.717) is 37.2 Å². The molecule has 1 aromatic heterocycles. The smallest absolute Gasteiger partial charge is 0.303 e. The first-order chi connectivity index (χ1) is 17.8. The van der Waals surface area contributed by atoms with E-state index >= 15 is 4.39 Å². The van der Waals surface area contributed by atoms with E-state index in [1.165, 1.54) is 11.1 Å². The van der Waals surface area contributed by atoms with E-state index in [2.05, 4.69) is 53.8 Å². The first-order valence-electron chi connectivity index (χ1n) is 12.9. The van der Waals surface area contributed by atoms with Gasteiger partial charge in [0.15, 0.2) is 0 Å². The average molecular weight is 503 g/mol. The number of benzene rings is 2. The lowest BCUT2D eigenvalue weighted by Crippen LogP contribution is -2.41. The van der Waals surface area contributed by atoms with Crippen LogP contribution in [0.2, 0.25) is 0 Å². The predicted molar refractivity (Wildman–Crippen MR) is 144 cm³/mol. The number of pyridine rings is 1. The molecule has 0 radical (unpaired) electrons. The number of rotatable bonds is 8. The third-order valence-corrected chi connectivity index (χ3v) is 7.28. The number of methoxy groups -OCH3 is 1. The minimum absolute atomic E-state index is 0.0178. The molecule has 3 atom stereocenters. The summed E-state index contributed by atoms with van der Waals surface area (Å²) < 4.78 is 20.8. The van der Waals surface area contributed by atoms with Crippen molar-refractivity contribution in [2.24, 2.45) is 11.8 Å². The molecule has 1 N–H and O–H groups in total. The normalized spacial score (nSPS) is 18.7. The van der Waals surface area contributed by atoms with Crippen LogP contribution < -0.4 is 4.74 Å². The molecule has 0 bridgehead atoms. The Hall–Kier alpha value is -3.43. The Balaban J connectivity index is 1.39. The van der Waals surface area contributed by atoms with Gasteiger partial charge in [-0.15, -0.1) is 0 Å². The third-order valence-electron chi connectivity index (χ3n) is 7.28. The zero-order valence-corrected chi connectivity index (χ0v) is 21.8. The Morgan fingerprint density at radius 1 is 1.19 bits per heavy atom. The number of hydrogen-bond donors (Lipinski definition) is 1. The maximum atomic E-state index is 15.5. The highest BCUT2D eigenvalue weighted by Crippen LogP contribution is 2.36. The molecule has 0 spiro atoms. The monoisotopic (exact) mass is 502 g/mol. The molecule has 1 saturated heterocycles. The Kier molecular flexibility index (Phi) is 8.78. The van der Waals surface area contributed by atoms with Crippen LogP contribution in [0.3, 0.4) is 0 Å². The molecule has 0 saturated carbocycles. The average Bonchev–Trinajstić information content (AvgIpc) is 2.86. The van der Waals surface area contributed by atoms with Crippen molar-refractivity contribution in [3.63, 3.8) is 0 Å². The molecule has 2 aromatic carbocycles. The Labute approximate surface area is 218 Å². The van der Waals surface area contributed by atoms with Crippen molar-refractivity contribution in [2.75, 3.05) is 26.7 Å². The fourth-order valence-electron chi connectivity index (χ4n) is 5.50. The number of fused-ring (bicyclic) bond motifs is 1. The van der Waals surface area contributed by atoms with Gasteiger partial charge in [0.25, 0.3) is 0 Å². The van der Waals surface area contributed by atoms with Gasteiger partial charge in [0.1, 0.15) is 11.9 Å². The number of ether oxygens (including phenoxy) is 1. The number of aryl methyl sites for hydroxylation is 2. The molecule has 37 heavy (non-hydrogen) atoms. The number of aliphatic carboxylic acids is 1. The SMILES string of the molecule is COc1ccc2nccc(C(F)CC[C@@H]3CCN(CC#Cc4cc(C)cc(C)c4)C[C@@H]3CC(=O)O)c2c1. The summed E-state index contributed by atoms with van der Waals surface area (Å²) in [6, 6.07) is 13.5. The standard InChI is InChI=1S/C31H35FN2O3/c1-21-15-22(2)17-23(16-21)5-4-13-34-14-11-24(25(20-34)18-31(35)36)6-8-29(32)27-10-12-33-30-9-7-26(37-3)19-28(27)30/h7,9-10,12,15-17,19,24-25,29H,6,8,11,13-14,18,20H2,1-3H3,(H,35,36)/t24-,25+,29?/m1/s1. The van der Waals surface area contributed by atoms with E-state index in [-0.39, 0.29) is 18.3 Å². The molecule has 2 heterocycles. The van der Waals surface area contributed by atoms with Crippen molar-refractivity contribution >= 4 is 16.9 Å². The fraction of sp³-hybridized carbons (Fsp3) is 0.419. The molecule has 4 rings (SSSR count). The van der Waals surface area contributed by atoms with Crippen LogP contribution in [0.5, 0.6) is 5.75 Å². The van der Waals surface area contributed by atoms with Gasteiger partial charge in [-0.05, 0) is 105 Å². The second-order valence-corrected chi connectivity index (χ2v) is 10.1. The van der Waals surface area contributed by atoms with E-state index in [1.54, 1.807) is 19.4 Å². The van der Waals surface area contributed by atoms with Crippen molar-refractivity contribution in [3.8, 4) is 17.6 Å². The summed E-state index contributed by atoms with van der Waals surface area (Å²) in [4.78, 5) is 18.2. The lowest BCUT2D eigenvalue weighted by atomic mass is 9.79. The van der Waals surface area contributed by atoms with Crippen LogP contribution in [-0.4, -0.2) is 47.7 Å². The van der Waals surface area contributed by atoms with Gasteiger partial charge >= 0.3 is 5.97 Å². The number of alkyl halides is 1. The second-order valence-electron chi connectivity index (χ2n) is 10.1. The van der Waals surface area contributed by atoms with Crippen LogP contribution >= 0.6 is 0 Å². The Morgan fingerprint density at radius 2 is 1.97 bits per heavy atom. The van der Waals surface area contributed by atoms with Crippen LogP contribution in [0, 0.1) is 37.5 Å². The number of carboxylic acid groups (broad SMARTS) is 1. The van der Waals surface area contributed by atoms with Gasteiger partial charge < -0.3 is 9.84 Å². The summed E-state index contributed by atoms with van der Waals surface area (Å²) >= 11 is 0. The number of nitrogens with zero attached hydrogens (tertiary/aromatic N) is 2. The topological polar surface area (TPSA) is 62.7 Å². The predicted octanol–water partition coefficient (Wildman–Crippen LogP) is 6.12. The number of piperidine rings is 1. The molecule has 1 aliphatic heterocycles. The quantitative estimate of drug-likeness (QED) is 0.376. The number of carboxylic acids is 1. The molecule has 6 heteroatoms. The second kappa shape index (κ2) is 12.2. The lowest BCUT2D eigenvalue weighted by Gasteiger charge is -2.37. The summed E-state index contributed by atoms with van der Waals surface area (Å²) in [5.74, 6) is 6.53. The minimum Gasteiger partial charge on any atom is -0.497 e. The van der Waals surface area contributed by atoms with Crippen LogP contribution in [0.1, 0.15) is 54.1 Å². The number of aromatic nitrogens is 1. The Bertz CT molecular complexity index is 1290. The lowest BCUT2D eigenvalue weighted by molar-refractivity contribution is -0.139. The Morgan fingerprint density at radius 3 is 2.70 bits per heavy atom. The van der Waals surface area contributed by atoms with Crippen LogP contribution in [0.25, 0.3) is 10.9 Å². The van der Waals surface area contributed by atoms with Crippen LogP contribution in [0.4, 0.5) is 4.39 Å². The van der Waals surface area contributed by atoms with Crippen molar-refractivity contribution in [1.29, 1.82) is 0 Å². The summed E-state index contributed by atoms with van der Waals surface area (Å²) in [5, 5.41) is 10.3. The number of likely N-dealkylation sites (tertiary alicyclic amines) is 1. The summed E-state index contributed by atoms with van der Waals surface area (Å²) in [6.45, 7) is 6.25. The van der Waals surface area contributed by atoms with Gasteiger partial charge in [-0.25, -0.2) is 4.39 Å². The summed E-state index contributed by atoms with van der Waals surface area (Å²) in [6.07, 6.45) is 2.43. The summed E-state index contributed by atoms with van der Waals surface area (Å²) in [7, 11) is 1.59. The minimum atomic E-state index is -1.15. The van der Waals surface area contributed by atoms with Gasteiger partial charge in [0, 0.05) is 30.1 Å². The van der Waals surface area contributed by atoms with Gasteiger partial charge in [-0.2, -0.15) is 0 Å². The molecule has 1 fully saturated rings. The fourth-order valence-corrected chi connectivity index (χ4v) is 5.50. The van der Waals surface area contributed by atoms with Gasteiger partial charge in [-0.3, -0.25) is 14.7 Å². The maximum absolute atomic E-state index is 15.5. The van der Waals surface area contributed by atoms with E-state index in [1.807, 2.05) is 18.2 Å². The molecule has 0 amide bonds. The molecule has 5 nitrogen and oxygen atoms in total. The number of hydrogen-bond acceptors (Lipinski definition) is 4. The van der Waals surface area contributed by atoms with E-state index in [4.69, 9.17) is 4.74 Å². The van der Waals surface area contributed by atoms with Crippen molar-refractivity contribution in [2.45, 2.75) is 45.7 Å². The van der Waals surface area contributed by atoms with Crippen molar-refractivity contribution in [3.05, 3.63) is 70.9 Å². The molecular formula is C31H35FN2O3. The number of halogens is 1.